The van der Waals surface area contributed by atoms with Crippen LogP contribution in [0.3, 0.4) is 0 Å². The van der Waals surface area contributed by atoms with E-state index in [0.29, 0.717) is 6.42 Å². The Morgan fingerprint density at radius 3 is 2.73 bits per heavy atom. The zero-order valence-electron chi connectivity index (χ0n) is 6.67. The lowest BCUT2D eigenvalue weighted by molar-refractivity contribution is 0.301. The number of rotatable bonds is 2. The van der Waals surface area contributed by atoms with Crippen molar-refractivity contribution in [3.63, 3.8) is 0 Å². The summed E-state index contributed by atoms with van der Waals surface area (Å²) < 4.78 is 0. The Hall–Kier alpha value is 0.01000. The molecule has 1 N–H and O–H groups in total. The molecule has 0 saturated carbocycles. The van der Waals surface area contributed by atoms with E-state index in [2.05, 4.69) is 4.99 Å². The molecule has 2 nitrogen and oxygen atoms in total. The molecule has 0 aliphatic carbocycles. The van der Waals surface area contributed by atoms with Gasteiger partial charge in [0.15, 0.2) is 0 Å². The number of aliphatic imine (C=N–C) groups is 1. The fraction of sp³-hybridized carbons (Fsp3) is 0.571. The maximum Gasteiger partial charge on any atom is 0.0595 e. The molecule has 1 atom stereocenters. The Bertz CT molecular complexity index is 222. The van der Waals surface area contributed by atoms with E-state index in [9.17, 15) is 0 Å². The van der Waals surface area contributed by atoms with Crippen molar-refractivity contribution in [3.05, 3.63) is 10.6 Å². The monoisotopic (exact) mass is 193 g/mol. The summed E-state index contributed by atoms with van der Waals surface area (Å²) in [5.74, 6) is 0. The molecule has 1 unspecified atom stereocenters. The summed E-state index contributed by atoms with van der Waals surface area (Å²) in [4.78, 5) is 5.25. The average molecular weight is 194 g/mol. The highest BCUT2D eigenvalue weighted by Crippen LogP contribution is 2.60. The Labute approximate surface area is 72.8 Å². The second kappa shape index (κ2) is 3.17. The van der Waals surface area contributed by atoms with E-state index < -0.39 is 9.24 Å². The Morgan fingerprint density at radius 1 is 1.73 bits per heavy atom. The fourth-order valence-electron chi connectivity index (χ4n) is 1.08. The second-order valence-corrected chi connectivity index (χ2v) is 6.98. The van der Waals surface area contributed by atoms with Gasteiger partial charge < -0.3 is 5.11 Å². The number of aliphatic hydroxyl groups is 1. The Morgan fingerprint density at radius 2 is 2.36 bits per heavy atom. The topological polar surface area (TPSA) is 32.6 Å². The highest BCUT2D eigenvalue weighted by molar-refractivity contribution is 8.62. The van der Waals surface area contributed by atoms with Gasteiger partial charge in [-0.05, 0) is 13.2 Å². The summed E-state index contributed by atoms with van der Waals surface area (Å²) in [6, 6.07) is 0. The van der Waals surface area contributed by atoms with Gasteiger partial charge in [-0.1, -0.05) is 10.7 Å². The van der Waals surface area contributed by atoms with Crippen molar-refractivity contribution in [1.29, 1.82) is 0 Å². The number of aliphatic hydroxyl groups excluding tert-OH is 1. The molecule has 0 aromatic rings. The van der Waals surface area contributed by atoms with E-state index in [0.717, 1.165) is 10.6 Å². The number of hydrogen-bond acceptors (Lipinski definition) is 2. The minimum atomic E-state index is -1.30. The smallest absolute Gasteiger partial charge is 0.0595 e. The molecule has 0 bridgehead atoms. The lowest BCUT2D eigenvalue weighted by Crippen LogP contribution is -1.94. The molecule has 0 fully saturated rings. The molecule has 0 radical (unpaired) electrons. The molecule has 0 saturated heterocycles. The SMILES string of the molecule is CC1=C(CCO)S(C)(Cl)C=N1. The molecule has 0 spiro atoms. The van der Waals surface area contributed by atoms with Crippen LogP contribution in [0.15, 0.2) is 15.6 Å². The van der Waals surface area contributed by atoms with Crippen LogP contribution in [0, 0.1) is 0 Å². The third-order valence-corrected chi connectivity index (χ3v) is 4.43. The quantitative estimate of drug-likeness (QED) is 0.717. The van der Waals surface area contributed by atoms with Crippen molar-refractivity contribution in [3.8, 4) is 0 Å². The number of allylic oxidation sites excluding steroid dienone is 1. The normalized spacial score (nSPS) is 36.0. The zero-order chi connectivity index (χ0) is 8.48. The van der Waals surface area contributed by atoms with Crippen LogP contribution in [0.4, 0.5) is 0 Å². The van der Waals surface area contributed by atoms with Gasteiger partial charge in [0.25, 0.3) is 0 Å². The van der Waals surface area contributed by atoms with Crippen LogP contribution in [0.5, 0.6) is 0 Å². The van der Waals surface area contributed by atoms with E-state index in [-0.39, 0.29) is 6.61 Å². The van der Waals surface area contributed by atoms with Crippen molar-refractivity contribution >= 4 is 25.5 Å². The first-order valence-corrected chi connectivity index (χ1v) is 6.33. The predicted octanol–water partition coefficient (Wildman–Crippen LogP) is 2.23. The summed E-state index contributed by atoms with van der Waals surface area (Å²) >= 11 is 0. The maximum atomic E-state index is 8.74. The van der Waals surface area contributed by atoms with E-state index >= 15 is 0 Å². The van der Waals surface area contributed by atoms with Crippen LogP contribution < -0.4 is 0 Å². The minimum Gasteiger partial charge on any atom is -0.396 e. The summed E-state index contributed by atoms with van der Waals surface area (Å²) in [5, 5.41) is 8.74. The highest BCUT2D eigenvalue weighted by Gasteiger charge is 2.24. The minimum absolute atomic E-state index is 0.158. The van der Waals surface area contributed by atoms with Crippen LogP contribution in [-0.2, 0) is 0 Å². The molecule has 64 valence electrons. The number of hydrogen-bond donors (Lipinski definition) is 1. The predicted molar refractivity (Wildman–Crippen MR) is 52.3 cm³/mol. The third kappa shape index (κ3) is 1.78. The first-order valence-electron chi connectivity index (χ1n) is 3.40. The van der Waals surface area contributed by atoms with Crippen LogP contribution in [-0.4, -0.2) is 23.5 Å². The van der Waals surface area contributed by atoms with Gasteiger partial charge in [0.1, 0.15) is 0 Å². The Balaban J connectivity index is 2.84. The van der Waals surface area contributed by atoms with Gasteiger partial charge >= 0.3 is 0 Å². The van der Waals surface area contributed by atoms with E-state index in [1.54, 1.807) is 5.55 Å². The van der Waals surface area contributed by atoms with E-state index in [1.165, 1.54) is 0 Å². The molecule has 1 heterocycles. The van der Waals surface area contributed by atoms with Crippen LogP contribution >= 0.6 is 19.9 Å². The molecule has 11 heavy (non-hydrogen) atoms. The van der Waals surface area contributed by atoms with Gasteiger partial charge in [0, 0.05) is 23.6 Å². The largest absolute Gasteiger partial charge is 0.396 e. The van der Waals surface area contributed by atoms with E-state index in [1.807, 2.05) is 13.2 Å². The van der Waals surface area contributed by atoms with Crippen LogP contribution in [0.2, 0.25) is 0 Å². The summed E-state index contributed by atoms with van der Waals surface area (Å²) in [6.07, 6.45) is 2.63. The molecular weight excluding hydrogens is 182 g/mol. The third-order valence-electron chi connectivity index (χ3n) is 1.67. The summed E-state index contributed by atoms with van der Waals surface area (Å²) in [5.41, 5.74) is 2.78. The summed E-state index contributed by atoms with van der Waals surface area (Å²) in [6.45, 7) is 2.09. The molecule has 0 amide bonds. The van der Waals surface area contributed by atoms with Crippen molar-refractivity contribution in [2.45, 2.75) is 13.3 Å². The first kappa shape index (κ1) is 9.10. The van der Waals surface area contributed by atoms with Gasteiger partial charge in [0.05, 0.1) is 5.55 Å². The molecule has 1 aliphatic heterocycles. The molecule has 0 aromatic heterocycles. The van der Waals surface area contributed by atoms with Crippen molar-refractivity contribution in [2.75, 3.05) is 12.9 Å². The van der Waals surface area contributed by atoms with E-state index in [4.69, 9.17) is 15.8 Å². The first-order chi connectivity index (χ1) is 5.08. The van der Waals surface area contributed by atoms with Crippen molar-refractivity contribution < 1.29 is 5.11 Å². The molecule has 1 rings (SSSR count). The van der Waals surface area contributed by atoms with Crippen LogP contribution in [0.25, 0.3) is 0 Å². The maximum absolute atomic E-state index is 8.74. The average Bonchev–Trinajstić information content (AvgIpc) is 2.16. The molecular formula is C7H12ClNOS. The van der Waals surface area contributed by atoms with Crippen molar-refractivity contribution in [1.82, 2.24) is 0 Å². The standard InChI is InChI=1S/C7H12ClNOS/c1-6-7(3-4-10)11(2,8)5-9-6/h5,10H,3-4H2,1-2H3. The van der Waals surface area contributed by atoms with Crippen molar-refractivity contribution in [2.24, 2.45) is 4.99 Å². The second-order valence-electron chi connectivity index (χ2n) is 2.59. The van der Waals surface area contributed by atoms with Gasteiger partial charge in [-0.25, -0.2) is 0 Å². The molecule has 4 heteroatoms. The lowest BCUT2D eigenvalue weighted by Gasteiger charge is -2.21. The van der Waals surface area contributed by atoms with Crippen LogP contribution in [0.1, 0.15) is 13.3 Å². The fourth-order valence-corrected chi connectivity index (χ4v) is 3.37. The highest BCUT2D eigenvalue weighted by atomic mass is 35.7. The molecule has 0 aromatic carbocycles. The zero-order valence-corrected chi connectivity index (χ0v) is 8.24. The van der Waals surface area contributed by atoms with Gasteiger partial charge in [0.2, 0.25) is 0 Å². The Kier molecular flexibility index (Phi) is 2.62. The summed E-state index contributed by atoms with van der Waals surface area (Å²) in [7, 11) is 4.87. The van der Waals surface area contributed by atoms with Gasteiger partial charge in [-0.15, -0.1) is 9.24 Å². The van der Waals surface area contributed by atoms with Gasteiger partial charge in [-0.2, -0.15) is 0 Å². The molecule has 1 aliphatic rings. The number of halogens is 1. The lowest BCUT2D eigenvalue weighted by atomic mass is 10.3. The van der Waals surface area contributed by atoms with Gasteiger partial charge in [-0.3, -0.25) is 4.99 Å². The number of nitrogens with zero attached hydrogens (tertiary/aromatic N) is 1.